The number of hydrogen-bond acceptors (Lipinski definition) is 10. The summed E-state index contributed by atoms with van der Waals surface area (Å²) in [7, 11) is 0. The van der Waals surface area contributed by atoms with Crippen LogP contribution in [0.4, 0.5) is 24.7 Å². The summed E-state index contributed by atoms with van der Waals surface area (Å²) in [5.74, 6) is -2.62. The third-order valence-electron chi connectivity index (χ3n) is 8.11. The maximum absolute atomic E-state index is 13.6. The number of fused-ring (bicyclic) bond motifs is 1. The van der Waals surface area contributed by atoms with Crippen molar-refractivity contribution in [2.75, 3.05) is 25.0 Å². The number of nitrogens with one attached hydrogen (secondary N) is 2. The summed E-state index contributed by atoms with van der Waals surface area (Å²) in [5.41, 5.74) is 11.0. The maximum atomic E-state index is 13.6. The Bertz CT molecular complexity index is 1810. The smallest absolute Gasteiger partial charge is 0.433 e. The highest BCUT2D eigenvalue weighted by Crippen LogP contribution is 2.36. The van der Waals surface area contributed by atoms with Gasteiger partial charge in [0.2, 0.25) is 0 Å². The number of ether oxygens (including phenoxy) is 1. The van der Waals surface area contributed by atoms with Gasteiger partial charge in [0, 0.05) is 43.3 Å². The van der Waals surface area contributed by atoms with E-state index < -0.39 is 35.9 Å². The Morgan fingerprint density at radius 1 is 1.13 bits per heavy atom. The summed E-state index contributed by atoms with van der Waals surface area (Å²) >= 11 is 6.55. The quantitative estimate of drug-likeness (QED) is 0.177. The molecule has 1 aliphatic heterocycles. The number of amides is 2. The zero-order chi connectivity index (χ0) is 32.7. The normalized spacial score (nSPS) is 20.6. The number of anilines is 2. The number of halogens is 4. The monoisotopic (exact) mass is 660 g/mol. The molecule has 1 saturated carbocycles. The molecule has 46 heavy (non-hydrogen) atoms. The lowest BCUT2D eigenvalue weighted by atomic mass is 10.1. The number of rotatable bonds is 6. The van der Waals surface area contributed by atoms with Gasteiger partial charge in [-0.15, -0.1) is 0 Å². The van der Waals surface area contributed by atoms with Gasteiger partial charge in [-0.25, -0.2) is 14.8 Å². The van der Waals surface area contributed by atoms with Gasteiger partial charge in [0.05, 0.1) is 40.8 Å². The van der Waals surface area contributed by atoms with Crippen molar-refractivity contribution in [3.8, 4) is 11.3 Å². The van der Waals surface area contributed by atoms with E-state index in [1.54, 1.807) is 6.07 Å². The van der Waals surface area contributed by atoms with Crippen LogP contribution in [0.25, 0.3) is 16.9 Å². The summed E-state index contributed by atoms with van der Waals surface area (Å²) in [4.78, 5) is 49.0. The van der Waals surface area contributed by atoms with Crippen LogP contribution in [0.3, 0.4) is 0 Å². The first-order chi connectivity index (χ1) is 21.9. The fraction of sp³-hybridized carbons (Fsp3) is 0.357. The van der Waals surface area contributed by atoms with Gasteiger partial charge in [0.25, 0.3) is 5.91 Å². The SMILES string of the molecule is NC(=O)C(=O)OC1CN(C(=O)c2ccc(Nc3nccn4c(-c5cn[nH]c5C(F)(F)F)cnc34)cc2Cl)CCN1[C@H]1CC[C@H](N)C1. The van der Waals surface area contributed by atoms with Crippen LogP contribution in [-0.2, 0) is 20.5 Å². The molecule has 14 nitrogen and oxygen atoms in total. The third kappa shape index (κ3) is 6.08. The number of esters is 1. The lowest BCUT2D eigenvalue weighted by molar-refractivity contribution is -0.172. The maximum Gasteiger partial charge on any atom is 0.433 e. The van der Waals surface area contributed by atoms with Crippen LogP contribution in [-0.4, -0.2) is 90.1 Å². The number of aromatic nitrogens is 5. The van der Waals surface area contributed by atoms with E-state index in [1.807, 2.05) is 10.00 Å². The van der Waals surface area contributed by atoms with Crippen LogP contribution in [0.2, 0.25) is 5.02 Å². The van der Waals surface area contributed by atoms with Gasteiger partial charge in [-0.05, 0) is 37.5 Å². The van der Waals surface area contributed by atoms with Crippen molar-refractivity contribution in [2.45, 2.75) is 43.8 Å². The molecule has 3 aromatic heterocycles. The fourth-order valence-electron chi connectivity index (χ4n) is 5.92. The van der Waals surface area contributed by atoms with Crippen molar-refractivity contribution in [1.29, 1.82) is 0 Å². The Morgan fingerprint density at radius 2 is 1.93 bits per heavy atom. The number of benzene rings is 1. The predicted octanol–water partition coefficient (Wildman–Crippen LogP) is 2.53. The van der Waals surface area contributed by atoms with E-state index in [4.69, 9.17) is 27.8 Å². The highest BCUT2D eigenvalue weighted by atomic mass is 35.5. The number of primary amides is 1. The zero-order valence-corrected chi connectivity index (χ0v) is 24.8. The average molecular weight is 661 g/mol. The number of nitrogens with zero attached hydrogens (tertiary/aromatic N) is 6. The molecule has 4 aromatic rings. The Kier molecular flexibility index (Phi) is 8.30. The van der Waals surface area contributed by atoms with Crippen LogP contribution in [0.15, 0.2) is 43.0 Å². The number of carbonyl (C=O) groups is 3. The van der Waals surface area contributed by atoms with E-state index in [0.717, 1.165) is 19.0 Å². The first-order valence-electron chi connectivity index (χ1n) is 14.2. The number of carbonyl (C=O) groups excluding carboxylic acids is 3. The van der Waals surface area contributed by atoms with Gasteiger partial charge in [-0.1, -0.05) is 11.6 Å². The molecule has 2 aliphatic rings. The summed E-state index contributed by atoms with van der Waals surface area (Å²) in [5, 5.41) is 8.69. The topological polar surface area (TPSA) is 190 Å². The molecule has 1 saturated heterocycles. The predicted molar refractivity (Wildman–Crippen MR) is 158 cm³/mol. The van der Waals surface area contributed by atoms with Crippen LogP contribution < -0.4 is 16.8 Å². The number of hydrogen-bond donors (Lipinski definition) is 4. The van der Waals surface area contributed by atoms with Crippen molar-refractivity contribution < 1.29 is 32.3 Å². The molecular weight excluding hydrogens is 633 g/mol. The molecule has 0 spiro atoms. The van der Waals surface area contributed by atoms with Crippen molar-refractivity contribution in [3.63, 3.8) is 0 Å². The van der Waals surface area contributed by atoms with E-state index in [0.29, 0.717) is 25.2 Å². The number of alkyl halides is 3. The average Bonchev–Trinajstić information content (AvgIpc) is 3.76. The Morgan fingerprint density at radius 3 is 2.63 bits per heavy atom. The molecular formula is C28H28ClF3N10O4. The molecule has 6 rings (SSSR count). The summed E-state index contributed by atoms with van der Waals surface area (Å²) in [6.07, 6.45) is 1.98. The number of nitrogens with two attached hydrogens (primary N) is 2. The minimum Gasteiger partial charge on any atom is -0.437 e. The van der Waals surface area contributed by atoms with Gasteiger partial charge in [0.1, 0.15) is 5.69 Å². The molecule has 242 valence electrons. The van der Waals surface area contributed by atoms with Crippen LogP contribution in [0.1, 0.15) is 35.3 Å². The molecule has 18 heteroatoms. The second kappa shape index (κ2) is 12.2. The molecule has 0 bridgehead atoms. The van der Waals surface area contributed by atoms with Gasteiger partial charge < -0.3 is 26.4 Å². The Balaban J connectivity index is 1.20. The first-order valence-corrected chi connectivity index (χ1v) is 14.6. The number of piperazine rings is 1. The molecule has 0 radical (unpaired) electrons. The fourth-order valence-corrected chi connectivity index (χ4v) is 6.18. The number of imidazole rings is 1. The summed E-state index contributed by atoms with van der Waals surface area (Å²) < 4.78 is 47.2. The minimum atomic E-state index is -4.65. The molecule has 1 unspecified atom stereocenters. The molecule has 6 N–H and O–H groups in total. The third-order valence-corrected chi connectivity index (χ3v) is 8.42. The second-order valence-corrected chi connectivity index (χ2v) is 11.4. The van der Waals surface area contributed by atoms with E-state index in [9.17, 15) is 27.6 Å². The molecule has 2 amide bonds. The Hall–Kier alpha value is -4.74. The summed E-state index contributed by atoms with van der Waals surface area (Å²) in [6, 6.07) is 4.65. The highest BCUT2D eigenvalue weighted by Gasteiger charge is 2.40. The number of aromatic amines is 1. The van der Waals surface area contributed by atoms with Gasteiger partial charge in [0.15, 0.2) is 17.7 Å². The van der Waals surface area contributed by atoms with E-state index in [2.05, 4.69) is 20.4 Å². The molecule has 1 aliphatic carbocycles. The van der Waals surface area contributed by atoms with E-state index >= 15 is 0 Å². The van der Waals surface area contributed by atoms with Gasteiger partial charge >= 0.3 is 18.1 Å². The van der Waals surface area contributed by atoms with Crippen molar-refractivity contribution in [2.24, 2.45) is 11.5 Å². The molecule has 4 heterocycles. The number of H-pyrrole nitrogens is 1. The molecule has 1 aromatic carbocycles. The van der Waals surface area contributed by atoms with Crippen molar-refractivity contribution in [3.05, 3.63) is 59.3 Å². The Labute approximate surface area is 263 Å². The van der Waals surface area contributed by atoms with Gasteiger partial charge in [-0.2, -0.15) is 18.3 Å². The zero-order valence-electron chi connectivity index (χ0n) is 24.0. The van der Waals surface area contributed by atoms with Crippen LogP contribution in [0, 0.1) is 0 Å². The van der Waals surface area contributed by atoms with Crippen LogP contribution >= 0.6 is 11.6 Å². The largest absolute Gasteiger partial charge is 0.437 e. The van der Waals surface area contributed by atoms with E-state index in [1.165, 1.54) is 40.0 Å². The molecule has 3 atom stereocenters. The second-order valence-electron chi connectivity index (χ2n) is 11.0. The van der Waals surface area contributed by atoms with Crippen molar-refractivity contribution in [1.82, 2.24) is 34.4 Å². The lowest BCUT2D eigenvalue weighted by Crippen LogP contribution is -2.59. The van der Waals surface area contributed by atoms with E-state index in [-0.39, 0.29) is 51.9 Å². The standard InChI is InChI=1S/C28H28ClF3N10O4/c29-19-10-15(38-24-25-36-12-20(42(25)6-5-35-24)18-11-37-39-22(18)28(30,31)32)2-4-17(19)26(44)40-7-8-41(16-3-1-14(33)9-16)21(13-40)46-27(45)23(34)43/h2,4-6,10-12,14,16,21H,1,3,7-9,13,33H2,(H2,34,43)(H,35,38)(H,37,39)/t14-,16-,21?/m0/s1. The highest BCUT2D eigenvalue weighted by molar-refractivity contribution is 6.34. The first kappa shape index (κ1) is 31.3. The minimum absolute atomic E-state index is 0.0131. The summed E-state index contributed by atoms with van der Waals surface area (Å²) in [6.45, 7) is 0.676. The molecule has 2 fully saturated rings. The van der Waals surface area contributed by atoms with Crippen LogP contribution in [0.5, 0.6) is 0 Å². The van der Waals surface area contributed by atoms with Crippen molar-refractivity contribution >= 4 is 46.5 Å². The van der Waals surface area contributed by atoms with Gasteiger partial charge in [-0.3, -0.25) is 24.0 Å². The lowest BCUT2D eigenvalue weighted by Gasteiger charge is -2.43.